The molecule has 0 atom stereocenters. The van der Waals surface area contributed by atoms with Crippen LogP contribution >= 0.6 is 11.6 Å². The van der Waals surface area contributed by atoms with Crippen molar-refractivity contribution in [2.75, 3.05) is 0 Å². The van der Waals surface area contributed by atoms with Gasteiger partial charge in [-0.05, 0) is 61.7 Å². The molecule has 0 aliphatic rings. The molecule has 2 aromatic carbocycles. The Bertz CT molecular complexity index is 1360. The molecule has 0 spiro atoms. The van der Waals surface area contributed by atoms with Crippen LogP contribution in [0.2, 0.25) is 5.02 Å². The molecule has 0 saturated carbocycles. The fourth-order valence-corrected chi connectivity index (χ4v) is 3.90. The average molecular weight is 403 g/mol. The summed E-state index contributed by atoms with van der Waals surface area (Å²) in [4.78, 5) is 13.0. The molecule has 144 valence electrons. The van der Waals surface area contributed by atoms with Crippen molar-refractivity contribution in [3.8, 4) is 11.8 Å². The molecule has 2 aromatic heterocycles. The van der Waals surface area contributed by atoms with Crippen LogP contribution in [0.3, 0.4) is 0 Å². The van der Waals surface area contributed by atoms with Crippen molar-refractivity contribution < 1.29 is 0 Å². The zero-order valence-electron chi connectivity index (χ0n) is 16.4. The van der Waals surface area contributed by atoms with Gasteiger partial charge in [-0.2, -0.15) is 10.4 Å². The Morgan fingerprint density at radius 2 is 1.86 bits per heavy atom. The third kappa shape index (κ3) is 3.22. The van der Waals surface area contributed by atoms with Crippen LogP contribution in [0.4, 0.5) is 0 Å². The molecule has 0 aliphatic carbocycles. The Morgan fingerprint density at radius 3 is 2.62 bits per heavy atom. The number of aryl methyl sites for hydroxylation is 2. The molecule has 0 amide bonds. The quantitative estimate of drug-likeness (QED) is 0.499. The standard InChI is InChI=1S/C23H19ClN4O/c1-14-10-21(29)27(13-18-7-4-6-17(11-18)12-25)23-22(14)16(3)26-28(23)20-9-5-8-19(24)15(20)2/h4-11H,13H2,1-3H3. The summed E-state index contributed by atoms with van der Waals surface area (Å²) < 4.78 is 3.51. The summed E-state index contributed by atoms with van der Waals surface area (Å²) in [6.07, 6.45) is 0. The van der Waals surface area contributed by atoms with Crippen LogP contribution in [-0.2, 0) is 6.54 Å². The second-order valence-corrected chi connectivity index (χ2v) is 7.55. The molecule has 29 heavy (non-hydrogen) atoms. The SMILES string of the molecule is Cc1c(Cl)cccc1-n1nc(C)c2c(C)cc(=O)n(Cc3cccc(C#N)c3)c21. The molecule has 4 rings (SSSR count). The number of benzene rings is 2. The van der Waals surface area contributed by atoms with Crippen molar-refractivity contribution in [2.24, 2.45) is 0 Å². The van der Waals surface area contributed by atoms with Gasteiger partial charge >= 0.3 is 0 Å². The minimum absolute atomic E-state index is 0.113. The van der Waals surface area contributed by atoms with Crippen LogP contribution in [0.1, 0.15) is 27.9 Å². The van der Waals surface area contributed by atoms with Gasteiger partial charge in [0.05, 0.1) is 29.6 Å². The van der Waals surface area contributed by atoms with E-state index in [9.17, 15) is 10.1 Å². The Hall–Kier alpha value is -3.36. The number of fused-ring (bicyclic) bond motifs is 1. The third-order valence-corrected chi connectivity index (χ3v) is 5.57. The van der Waals surface area contributed by atoms with E-state index in [1.807, 2.05) is 51.1 Å². The predicted octanol–water partition coefficient (Wildman–Crippen LogP) is 4.69. The van der Waals surface area contributed by atoms with Gasteiger partial charge in [-0.1, -0.05) is 29.8 Å². The molecule has 0 N–H and O–H groups in total. The lowest BCUT2D eigenvalue weighted by Gasteiger charge is -2.14. The summed E-state index contributed by atoms with van der Waals surface area (Å²) in [5.41, 5.74) is 5.51. The minimum Gasteiger partial charge on any atom is -0.288 e. The Morgan fingerprint density at radius 1 is 1.10 bits per heavy atom. The first-order valence-electron chi connectivity index (χ1n) is 9.25. The summed E-state index contributed by atoms with van der Waals surface area (Å²) in [6, 6.07) is 16.7. The van der Waals surface area contributed by atoms with E-state index in [-0.39, 0.29) is 5.56 Å². The normalized spacial score (nSPS) is 11.0. The van der Waals surface area contributed by atoms with Gasteiger partial charge in [0, 0.05) is 16.5 Å². The lowest BCUT2D eigenvalue weighted by Crippen LogP contribution is -2.23. The van der Waals surface area contributed by atoms with E-state index in [1.165, 1.54) is 0 Å². The Labute approximate surface area is 173 Å². The first-order chi connectivity index (χ1) is 13.9. The fourth-order valence-electron chi connectivity index (χ4n) is 3.73. The van der Waals surface area contributed by atoms with Crippen LogP contribution < -0.4 is 5.56 Å². The summed E-state index contributed by atoms with van der Waals surface area (Å²) >= 11 is 6.35. The van der Waals surface area contributed by atoms with Crippen molar-refractivity contribution in [3.63, 3.8) is 0 Å². The van der Waals surface area contributed by atoms with Crippen molar-refractivity contribution in [2.45, 2.75) is 27.3 Å². The maximum Gasteiger partial charge on any atom is 0.252 e. The Balaban J connectivity index is 2.03. The maximum absolute atomic E-state index is 13.0. The second-order valence-electron chi connectivity index (χ2n) is 7.14. The van der Waals surface area contributed by atoms with Crippen LogP contribution in [0.15, 0.2) is 53.3 Å². The number of nitriles is 1. The highest BCUT2D eigenvalue weighted by Crippen LogP contribution is 2.28. The third-order valence-electron chi connectivity index (χ3n) is 5.16. The molecule has 6 heteroatoms. The van der Waals surface area contributed by atoms with Crippen molar-refractivity contribution in [1.29, 1.82) is 5.26 Å². The van der Waals surface area contributed by atoms with Gasteiger partial charge in [0.2, 0.25) is 0 Å². The number of aromatic nitrogens is 3. The van der Waals surface area contributed by atoms with E-state index >= 15 is 0 Å². The van der Waals surface area contributed by atoms with E-state index in [0.29, 0.717) is 17.1 Å². The van der Waals surface area contributed by atoms with E-state index in [1.54, 1.807) is 27.4 Å². The minimum atomic E-state index is -0.113. The molecular weight excluding hydrogens is 384 g/mol. The van der Waals surface area contributed by atoms with Gasteiger partial charge < -0.3 is 0 Å². The first kappa shape index (κ1) is 19.0. The van der Waals surface area contributed by atoms with E-state index in [2.05, 4.69) is 6.07 Å². The number of halogens is 1. The molecule has 5 nitrogen and oxygen atoms in total. The lowest BCUT2D eigenvalue weighted by molar-refractivity contribution is 0.749. The monoisotopic (exact) mass is 402 g/mol. The van der Waals surface area contributed by atoms with Crippen LogP contribution in [0.25, 0.3) is 16.7 Å². The summed E-state index contributed by atoms with van der Waals surface area (Å²) in [7, 11) is 0. The maximum atomic E-state index is 13.0. The smallest absolute Gasteiger partial charge is 0.252 e. The van der Waals surface area contributed by atoms with Gasteiger partial charge in [-0.3, -0.25) is 9.36 Å². The summed E-state index contributed by atoms with van der Waals surface area (Å²) in [5.74, 6) is 0. The van der Waals surface area contributed by atoms with E-state index in [0.717, 1.165) is 39.1 Å². The van der Waals surface area contributed by atoms with Crippen molar-refractivity contribution in [3.05, 3.63) is 91.9 Å². The fraction of sp³-hybridized carbons (Fsp3) is 0.174. The van der Waals surface area contributed by atoms with Crippen molar-refractivity contribution in [1.82, 2.24) is 14.3 Å². The van der Waals surface area contributed by atoms with E-state index < -0.39 is 0 Å². The number of nitrogens with zero attached hydrogens (tertiary/aromatic N) is 4. The number of pyridine rings is 1. The van der Waals surface area contributed by atoms with Gasteiger partial charge in [-0.25, -0.2) is 4.68 Å². The Kier molecular flexibility index (Phi) is 4.73. The molecule has 0 unspecified atom stereocenters. The topological polar surface area (TPSA) is 63.6 Å². The van der Waals surface area contributed by atoms with Crippen molar-refractivity contribution >= 4 is 22.6 Å². The zero-order valence-corrected chi connectivity index (χ0v) is 17.2. The molecule has 2 heterocycles. The number of hydrogen-bond donors (Lipinski definition) is 0. The number of hydrogen-bond acceptors (Lipinski definition) is 3. The zero-order chi connectivity index (χ0) is 20.7. The van der Waals surface area contributed by atoms with Gasteiger partial charge in [-0.15, -0.1) is 0 Å². The summed E-state index contributed by atoms with van der Waals surface area (Å²) in [6.45, 7) is 6.15. The lowest BCUT2D eigenvalue weighted by atomic mass is 10.1. The molecular formula is C23H19ClN4O. The number of rotatable bonds is 3. The van der Waals surface area contributed by atoms with Gasteiger partial charge in [0.25, 0.3) is 5.56 Å². The molecule has 4 aromatic rings. The molecule has 0 radical (unpaired) electrons. The predicted molar refractivity (Wildman–Crippen MR) is 115 cm³/mol. The molecule has 0 saturated heterocycles. The molecule has 0 aliphatic heterocycles. The molecule has 0 bridgehead atoms. The van der Waals surface area contributed by atoms with Crippen LogP contribution in [-0.4, -0.2) is 14.3 Å². The van der Waals surface area contributed by atoms with Crippen LogP contribution in [0.5, 0.6) is 0 Å². The summed E-state index contributed by atoms with van der Waals surface area (Å²) in [5, 5.41) is 15.5. The highest BCUT2D eigenvalue weighted by molar-refractivity contribution is 6.31. The highest BCUT2D eigenvalue weighted by atomic mass is 35.5. The average Bonchev–Trinajstić information content (AvgIpc) is 3.05. The largest absolute Gasteiger partial charge is 0.288 e. The first-order valence-corrected chi connectivity index (χ1v) is 9.63. The van der Waals surface area contributed by atoms with E-state index in [4.69, 9.17) is 16.7 Å². The van der Waals surface area contributed by atoms with Crippen LogP contribution in [0, 0.1) is 32.1 Å². The van der Waals surface area contributed by atoms with Gasteiger partial charge in [0.1, 0.15) is 5.65 Å². The molecule has 0 fully saturated rings. The highest BCUT2D eigenvalue weighted by Gasteiger charge is 2.18. The second kappa shape index (κ2) is 7.23. The van der Waals surface area contributed by atoms with Gasteiger partial charge in [0.15, 0.2) is 0 Å².